The molecule has 4 heterocycles. The van der Waals surface area contributed by atoms with Crippen LogP contribution >= 0.6 is 0 Å². The van der Waals surface area contributed by atoms with Crippen LogP contribution in [0.4, 0.5) is 0 Å². The van der Waals surface area contributed by atoms with Gasteiger partial charge in [-0.3, -0.25) is 0 Å². The molecule has 0 unspecified atom stereocenters. The molecule has 4 aromatic heterocycles. The second kappa shape index (κ2) is 13.9. The van der Waals surface area contributed by atoms with Crippen molar-refractivity contribution in [1.29, 1.82) is 0 Å². The third kappa shape index (κ3) is 7.56. The molecule has 6 rings (SSSR count). The summed E-state index contributed by atoms with van der Waals surface area (Å²) in [6.45, 7) is 14.5. The molecule has 0 bridgehead atoms. The van der Waals surface area contributed by atoms with E-state index in [0.717, 1.165) is 33.2 Å². The van der Waals surface area contributed by atoms with Gasteiger partial charge in [0.15, 0.2) is 0 Å². The van der Waals surface area contributed by atoms with Gasteiger partial charge in [-0.2, -0.15) is 0 Å². The number of aromatic nitrogens is 3. The zero-order valence-corrected chi connectivity index (χ0v) is 29.1. The zero-order chi connectivity index (χ0) is 32.6. The molecule has 2 aromatic carbocycles. The van der Waals surface area contributed by atoms with Crippen molar-refractivity contribution in [2.45, 2.75) is 59.6 Å². The number of hydrogen-bond donors (Lipinski definition) is 0. The van der Waals surface area contributed by atoms with Gasteiger partial charge in [0.25, 0.3) is 0 Å². The number of furan rings is 1. The second-order valence-corrected chi connectivity index (χ2v) is 17.0. The zero-order valence-electron chi connectivity index (χ0n) is 28.7. The molecule has 6 heteroatoms. The minimum atomic E-state index is -1.50. The number of hydrogen-bond acceptors (Lipinski definition) is 4. The smallest absolute Gasteiger partial charge is 0.216 e. The number of fused-ring (bicyclic) bond motifs is 3. The largest absolute Gasteiger partial charge is 0.486 e. The summed E-state index contributed by atoms with van der Waals surface area (Å²) in [5.74, 6) is -0.750. The molecular formula is C37H39IrN3OSi-2. The minimum Gasteiger partial charge on any atom is -0.486 e. The van der Waals surface area contributed by atoms with Gasteiger partial charge in [0.2, 0.25) is 5.71 Å². The first kappa shape index (κ1) is 28.3. The Hall–Kier alpha value is -3.44. The molecule has 6 aromatic rings. The van der Waals surface area contributed by atoms with Crippen molar-refractivity contribution >= 4 is 35.3 Å². The molecule has 43 heavy (non-hydrogen) atoms. The molecule has 0 amide bonds. The molecule has 0 aliphatic heterocycles. The molecule has 0 saturated carbocycles. The third-order valence-corrected chi connectivity index (χ3v) is 8.93. The molecule has 0 N–H and O–H groups in total. The molecule has 0 atom stereocenters. The molecule has 223 valence electrons. The van der Waals surface area contributed by atoms with Gasteiger partial charge in [-0.1, -0.05) is 81.5 Å². The van der Waals surface area contributed by atoms with Crippen molar-refractivity contribution in [3.63, 3.8) is 0 Å². The standard InChI is InChI=1S/C20H17N2O.C17H22NSi.Ir/c1-13(2)11-14-8-10-21-18(12-14)17-6-3-5-15-16-7-4-9-22-20(16)23-19(15)17;1-13(2)15-11-16(14-9-7-6-8-10-14)18-12-17(15)19(3,4)5;/h3-5,7-10,12-13H,11H2,1-2H3;6-9,11-13H,1-5H3;/q2*-1;/i11D2;13D;. The fourth-order valence-corrected chi connectivity index (χ4v) is 6.51. The van der Waals surface area contributed by atoms with E-state index in [4.69, 9.17) is 8.53 Å². The summed E-state index contributed by atoms with van der Waals surface area (Å²) in [4.78, 5) is 13.3. The van der Waals surface area contributed by atoms with Crippen LogP contribution in [-0.4, -0.2) is 23.0 Å². The van der Waals surface area contributed by atoms with E-state index in [1.165, 1.54) is 5.19 Å². The van der Waals surface area contributed by atoms with Crippen LogP contribution in [0.3, 0.4) is 0 Å². The van der Waals surface area contributed by atoms with E-state index in [2.05, 4.69) is 52.8 Å². The Morgan fingerprint density at radius 1 is 0.860 bits per heavy atom. The summed E-state index contributed by atoms with van der Waals surface area (Å²) < 4.78 is 31.0. The van der Waals surface area contributed by atoms with Gasteiger partial charge in [0.05, 0.1) is 13.7 Å². The van der Waals surface area contributed by atoms with Crippen molar-refractivity contribution in [2.75, 3.05) is 0 Å². The van der Waals surface area contributed by atoms with Crippen LogP contribution in [0.25, 0.3) is 44.6 Å². The first-order valence-electron chi connectivity index (χ1n) is 15.8. The van der Waals surface area contributed by atoms with Gasteiger partial charge in [-0.05, 0) is 53.0 Å². The van der Waals surface area contributed by atoms with Gasteiger partial charge < -0.3 is 14.4 Å². The second-order valence-electron chi connectivity index (χ2n) is 11.9. The molecule has 0 aliphatic carbocycles. The van der Waals surface area contributed by atoms with E-state index in [-0.39, 0.29) is 26.0 Å². The van der Waals surface area contributed by atoms with Crippen molar-refractivity contribution in [1.82, 2.24) is 15.0 Å². The van der Waals surface area contributed by atoms with E-state index >= 15 is 0 Å². The Kier molecular flexibility index (Phi) is 9.16. The van der Waals surface area contributed by atoms with Crippen LogP contribution in [0.15, 0.2) is 89.7 Å². The Morgan fingerprint density at radius 3 is 2.37 bits per heavy atom. The Balaban J connectivity index is 0.000000210. The van der Waals surface area contributed by atoms with E-state index in [1.807, 2.05) is 82.4 Å². The summed E-state index contributed by atoms with van der Waals surface area (Å²) in [6.07, 6.45) is 3.89. The first-order valence-corrected chi connectivity index (χ1v) is 17.8. The molecule has 4 nitrogen and oxygen atoms in total. The fourth-order valence-electron chi connectivity index (χ4n) is 4.92. The minimum absolute atomic E-state index is 0. The van der Waals surface area contributed by atoms with Gasteiger partial charge in [0.1, 0.15) is 0 Å². The van der Waals surface area contributed by atoms with Gasteiger partial charge in [-0.15, -0.1) is 54.1 Å². The Bertz CT molecular complexity index is 1950. The molecule has 1 radical (unpaired) electrons. The molecular weight excluding hydrogens is 723 g/mol. The van der Waals surface area contributed by atoms with Gasteiger partial charge >= 0.3 is 0 Å². The van der Waals surface area contributed by atoms with E-state index in [1.54, 1.807) is 24.5 Å². The van der Waals surface area contributed by atoms with Crippen molar-refractivity contribution in [3.05, 3.63) is 109 Å². The summed E-state index contributed by atoms with van der Waals surface area (Å²) in [5, 5.41) is 3.18. The summed E-state index contributed by atoms with van der Waals surface area (Å²) in [7, 11) is -1.50. The number of benzene rings is 2. The van der Waals surface area contributed by atoms with E-state index in [0.29, 0.717) is 22.6 Å². The maximum Gasteiger partial charge on any atom is 0.216 e. The van der Waals surface area contributed by atoms with E-state index < -0.39 is 20.3 Å². The maximum atomic E-state index is 8.44. The summed E-state index contributed by atoms with van der Waals surface area (Å²) in [6, 6.07) is 27.5. The molecule has 0 fully saturated rings. The van der Waals surface area contributed by atoms with Gasteiger partial charge in [0, 0.05) is 48.2 Å². The third-order valence-electron chi connectivity index (χ3n) is 6.92. The average molecular weight is 765 g/mol. The topological polar surface area (TPSA) is 51.8 Å². The number of nitrogens with zero attached hydrogens (tertiary/aromatic N) is 3. The maximum absolute atomic E-state index is 8.44. The molecule has 0 spiro atoms. The summed E-state index contributed by atoms with van der Waals surface area (Å²) >= 11 is 0. The number of rotatable bonds is 6. The van der Waals surface area contributed by atoms with Crippen LogP contribution < -0.4 is 5.19 Å². The Labute approximate surface area is 274 Å². The SMILES string of the molecule is [2H]C(C)(C)c1cc(-c2[c-]cccc2)ncc1[Si](C)(C)C.[2H]C([2H])(c1ccnc(-c2[c-]ccc3c2oc2ncccc23)c1)C(C)C.[Ir]. The Morgan fingerprint density at radius 2 is 1.67 bits per heavy atom. The van der Waals surface area contributed by atoms with E-state index in [9.17, 15) is 0 Å². The van der Waals surface area contributed by atoms with Crippen molar-refractivity contribution in [2.24, 2.45) is 5.92 Å². The van der Waals surface area contributed by atoms with Crippen LogP contribution in [0, 0.1) is 18.1 Å². The van der Waals surface area contributed by atoms with Crippen LogP contribution in [0.5, 0.6) is 0 Å². The predicted molar refractivity (Wildman–Crippen MR) is 178 cm³/mol. The monoisotopic (exact) mass is 765 g/mol. The van der Waals surface area contributed by atoms with Crippen molar-refractivity contribution in [3.8, 4) is 22.5 Å². The molecule has 0 saturated heterocycles. The van der Waals surface area contributed by atoms with Crippen molar-refractivity contribution < 1.29 is 28.6 Å². The summed E-state index contributed by atoms with van der Waals surface area (Å²) in [5.41, 5.74) is 6.20. The van der Waals surface area contributed by atoms with Gasteiger partial charge in [-0.25, -0.2) is 4.98 Å². The number of pyridine rings is 3. The van der Waals surface area contributed by atoms with Crippen LogP contribution in [0.2, 0.25) is 19.6 Å². The molecule has 0 aliphatic rings. The van der Waals surface area contributed by atoms with Crippen LogP contribution in [0.1, 0.15) is 48.8 Å². The average Bonchev–Trinajstić information content (AvgIpc) is 3.40. The first-order chi connectivity index (χ1) is 21.2. The predicted octanol–water partition coefficient (Wildman–Crippen LogP) is 9.26. The fraction of sp³-hybridized carbons (Fsp3) is 0.270. The quantitative estimate of drug-likeness (QED) is 0.125. The normalized spacial score (nSPS) is 13.1. The van der Waals surface area contributed by atoms with Crippen LogP contribution in [-0.2, 0) is 26.5 Å².